The number of nitrogen functional groups attached to an aromatic ring is 1. The highest BCUT2D eigenvalue weighted by molar-refractivity contribution is 6.13. The van der Waals surface area contributed by atoms with E-state index in [-0.39, 0.29) is 107 Å². The second-order valence-corrected chi connectivity index (χ2v) is 26.8. The summed E-state index contributed by atoms with van der Waals surface area (Å²) >= 11 is 0. The van der Waals surface area contributed by atoms with Crippen LogP contribution in [-0.2, 0) is 121 Å². The lowest BCUT2D eigenvalue weighted by Gasteiger charge is -2.39. The Morgan fingerprint density at radius 3 is 1.69 bits per heavy atom. The molecule has 2 aromatic heterocycles. The number of rotatable bonds is 63. The number of nitrogens with one attached hydrogen (secondary N) is 5. The van der Waals surface area contributed by atoms with Crippen molar-refractivity contribution in [1.82, 2.24) is 40.7 Å². The van der Waals surface area contributed by atoms with Gasteiger partial charge in [0.05, 0.1) is 181 Å². The summed E-state index contributed by atoms with van der Waals surface area (Å²) in [6.45, 7) is 10.9. The number of benzene rings is 3. The number of aryl methyl sites for hydroxylation is 1. The van der Waals surface area contributed by atoms with E-state index in [2.05, 4.69) is 43.1 Å². The van der Waals surface area contributed by atoms with E-state index in [0.29, 0.717) is 180 Å². The molecule has 12 N–H and O–H groups in total. The van der Waals surface area contributed by atoms with Crippen LogP contribution < -0.4 is 37.1 Å². The van der Waals surface area contributed by atoms with Crippen LogP contribution in [0, 0.1) is 0 Å². The van der Waals surface area contributed by atoms with E-state index >= 15 is 0 Å². The van der Waals surface area contributed by atoms with Crippen LogP contribution in [0.25, 0.3) is 21.9 Å². The third kappa shape index (κ3) is 34.8. The lowest BCUT2D eigenvalue weighted by molar-refractivity contribution is -0.277. The minimum absolute atomic E-state index is 0.0471. The number of aliphatic hydroxyl groups excluding tert-OH is 4. The van der Waals surface area contributed by atoms with Gasteiger partial charge in [0.1, 0.15) is 54.2 Å². The molecule has 0 spiro atoms. The van der Waals surface area contributed by atoms with Crippen molar-refractivity contribution in [2.45, 2.75) is 121 Å². The Labute approximate surface area is 678 Å². The number of carboxylic acids is 1. The Morgan fingerprint density at radius 1 is 0.581 bits per heavy atom. The van der Waals surface area contributed by atoms with Gasteiger partial charge in [0.25, 0.3) is 11.8 Å². The van der Waals surface area contributed by atoms with Crippen LogP contribution in [0.1, 0.15) is 91.2 Å². The number of nitrogens with two attached hydrogens (primary N) is 1. The van der Waals surface area contributed by atoms with Crippen LogP contribution in [0.4, 0.5) is 16.3 Å². The highest BCUT2D eigenvalue weighted by atomic mass is 16.7. The molecule has 4 heterocycles. The number of imide groups is 1. The molecule has 5 aromatic rings. The summed E-state index contributed by atoms with van der Waals surface area (Å²) < 4.78 is 84.4. The Kier molecular flexibility index (Phi) is 44.6. The molecule has 1 fully saturated rings. The molecule has 6 atom stereocenters. The molecule has 0 unspecified atom stereocenters. The van der Waals surface area contributed by atoms with Gasteiger partial charge in [-0.05, 0) is 72.7 Å². The Hall–Kier alpha value is -9.04. The maximum absolute atomic E-state index is 13.8. The molecule has 2 aliphatic rings. The van der Waals surface area contributed by atoms with Crippen LogP contribution in [0.3, 0.4) is 0 Å². The van der Waals surface area contributed by atoms with Gasteiger partial charge in [-0.3, -0.25) is 33.7 Å². The molecule has 38 nitrogen and oxygen atoms in total. The summed E-state index contributed by atoms with van der Waals surface area (Å²) in [5, 5.41) is 65.5. The van der Waals surface area contributed by atoms with Gasteiger partial charge < -0.3 is 133 Å². The van der Waals surface area contributed by atoms with Crippen molar-refractivity contribution in [1.29, 1.82) is 0 Å². The highest BCUT2D eigenvalue weighted by Gasteiger charge is 2.45. The van der Waals surface area contributed by atoms with Crippen molar-refractivity contribution in [3.05, 3.63) is 101 Å². The van der Waals surface area contributed by atoms with Crippen LogP contribution in [0.15, 0.2) is 72.8 Å². The number of carbonyl (C=O) groups is 8. The zero-order valence-electron chi connectivity index (χ0n) is 66.5. The van der Waals surface area contributed by atoms with Crippen molar-refractivity contribution >= 4 is 80.9 Å². The number of ether oxygens (including phenoxy) is 15. The standard InChI is InChI=1S/C79H114N10O28/c1-3-4-8-64-87-70-71(58-15-14-57(77(100)101)49-60(58)86-75(70)80)89(64)51-55-11-9-54(10-12-55)50-83-79(102)115-53-56-13-16-62(116-78-74(98)73(97)72(96)63(52-90)117-78)61(48-56)85-66(92)19-23-82-76(99)59(84-67(93)20-24-88-68(94)17-18-69(88)95)7-5-6-22-81-65(91)21-25-104-28-29-106-32-33-108-36-37-110-40-41-112-44-45-114-47-46-113-43-42-111-39-38-109-35-34-107-31-30-105-27-26-103-2/h9-18,48-49,59,63,72-74,78,90,96-98H,3-8,19-47,50-53H2,1-2H3,(H2,80,86)(H,81,91)(H,82,99)(H,83,102)(H,84,93)(H,85,92)(H,100,101)/t59-,63+,72+,73-,74-,78-/m0/s1. The molecular formula is C79H114N10O28. The van der Waals surface area contributed by atoms with Gasteiger partial charge in [-0.15, -0.1) is 0 Å². The summed E-state index contributed by atoms with van der Waals surface area (Å²) in [7, 11) is 1.63. The fraction of sp³-hybridized carbons (Fsp3) is 0.595. The number of alkyl carbamates (subject to hydrolysis) is 1. The summed E-state index contributed by atoms with van der Waals surface area (Å²) in [5.41, 5.74) is 10.1. The Bertz CT molecular complexity index is 3850. The number of aliphatic hydroxyl groups is 4. The van der Waals surface area contributed by atoms with E-state index < -0.39 is 85.0 Å². The fourth-order valence-corrected chi connectivity index (χ4v) is 11.7. The number of fused-ring (bicyclic) bond motifs is 3. The summed E-state index contributed by atoms with van der Waals surface area (Å²) in [4.78, 5) is 113. The predicted molar refractivity (Wildman–Crippen MR) is 419 cm³/mol. The monoisotopic (exact) mass is 1650 g/mol. The van der Waals surface area contributed by atoms with Crippen LogP contribution in [0.5, 0.6) is 5.75 Å². The van der Waals surface area contributed by atoms with E-state index in [1.165, 1.54) is 30.3 Å². The minimum atomic E-state index is -1.83. The maximum Gasteiger partial charge on any atom is 0.407 e. The number of aromatic nitrogens is 3. The average Bonchev–Trinajstić information content (AvgIpc) is 1.61. The molecular weight excluding hydrogens is 1540 g/mol. The summed E-state index contributed by atoms with van der Waals surface area (Å²) in [6.07, 6.45) is -4.33. The van der Waals surface area contributed by atoms with Crippen LogP contribution >= 0.6 is 0 Å². The normalized spacial score (nSPS) is 16.3. The van der Waals surface area contributed by atoms with Gasteiger partial charge in [0, 0.05) is 83.1 Å². The Morgan fingerprint density at radius 2 is 1.14 bits per heavy atom. The zero-order valence-corrected chi connectivity index (χ0v) is 66.5. The summed E-state index contributed by atoms with van der Waals surface area (Å²) in [5.74, 6) is -3.70. The Balaban J connectivity index is 0.770. The average molecular weight is 1650 g/mol. The van der Waals surface area contributed by atoms with E-state index in [1.807, 2.05) is 24.3 Å². The smallest absolute Gasteiger partial charge is 0.407 e. The third-order valence-electron chi connectivity index (χ3n) is 18.0. The number of aromatic carboxylic acids is 1. The number of hydrogen-bond acceptors (Lipinski definition) is 30. The van der Waals surface area contributed by atoms with Crippen LogP contribution in [0.2, 0.25) is 0 Å². The molecule has 38 heteroatoms. The lowest BCUT2D eigenvalue weighted by atomic mass is 9.99. The third-order valence-corrected chi connectivity index (χ3v) is 18.0. The molecule has 2 aliphatic heterocycles. The number of imidazole rings is 1. The topological polar surface area (TPSA) is 496 Å². The first-order chi connectivity index (χ1) is 56.9. The number of pyridine rings is 1. The van der Waals surface area contributed by atoms with Gasteiger partial charge in [-0.2, -0.15) is 0 Å². The second kappa shape index (κ2) is 54.9. The number of methoxy groups -OCH3 is 1. The lowest BCUT2D eigenvalue weighted by Crippen LogP contribution is -2.60. The first-order valence-electron chi connectivity index (χ1n) is 39.3. The predicted octanol–water partition coefficient (Wildman–Crippen LogP) is 1.61. The van der Waals surface area contributed by atoms with Crippen molar-refractivity contribution in [2.24, 2.45) is 0 Å². The first kappa shape index (κ1) is 95.1. The molecule has 0 aliphatic carbocycles. The van der Waals surface area contributed by atoms with Crippen molar-refractivity contribution in [2.75, 3.05) is 196 Å². The number of hydrogen-bond donors (Lipinski definition) is 11. The molecule has 0 bridgehead atoms. The van der Waals surface area contributed by atoms with E-state index in [1.54, 1.807) is 13.2 Å². The molecule has 117 heavy (non-hydrogen) atoms. The number of nitrogens with zero attached hydrogens (tertiary/aromatic N) is 4. The highest BCUT2D eigenvalue weighted by Crippen LogP contribution is 2.33. The zero-order chi connectivity index (χ0) is 83.8. The van der Waals surface area contributed by atoms with Gasteiger partial charge in [-0.25, -0.2) is 19.6 Å². The largest absolute Gasteiger partial charge is 0.478 e. The summed E-state index contributed by atoms with van der Waals surface area (Å²) in [6, 6.07) is 15.3. The molecule has 7 rings (SSSR count). The number of carboxylic acid groups (broad SMARTS) is 1. The van der Waals surface area contributed by atoms with Gasteiger partial charge in [0.2, 0.25) is 29.9 Å². The molecule has 7 amide bonds. The van der Waals surface area contributed by atoms with E-state index in [9.17, 15) is 63.9 Å². The fourth-order valence-electron chi connectivity index (χ4n) is 11.7. The van der Waals surface area contributed by atoms with Gasteiger partial charge >= 0.3 is 12.1 Å². The number of amides is 7. The van der Waals surface area contributed by atoms with Crippen molar-refractivity contribution < 1.29 is 135 Å². The first-order valence-corrected chi connectivity index (χ1v) is 39.3. The van der Waals surface area contributed by atoms with Crippen molar-refractivity contribution in [3.8, 4) is 5.75 Å². The number of unbranched alkanes of at least 4 members (excludes halogenated alkanes) is 2. The molecule has 0 radical (unpaired) electrons. The second-order valence-electron chi connectivity index (χ2n) is 26.8. The van der Waals surface area contributed by atoms with Gasteiger partial charge in [-0.1, -0.05) is 43.7 Å². The molecule has 0 saturated carbocycles. The van der Waals surface area contributed by atoms with E-state index in [0.717, 1.165) is 52.4 Å². The quantitative estimate of drug-likeness (QED) is 0.0195. The number of anilines is 2. The molecule has 1 saturated heterocycles. The maximum atomic E-state index is 13.8. The van der Waals surface area contributed by atoms with Crippen molar-refractivity contribution in [3.63, 3.8) is 0 Å². The van der Waals surface area contributed by atoms with E-state index in [4.69, 9.17) is 81.8 Å². The van der Waals surface area contributed by atoms with Crippen LogP contribution in [-0.4, -0.2) is 315 Å². The molecule has 3 aromatic carbocycles. The molecule has 648 valence electrons. The minimum Gasteiger partial charge on any atom is -0.478 e. The van der Waals surface area contributed by atoms with Gasteiger partial charge in [0.15, 0.2) is 5.82 Å². The number of carbonyl (C=O) groups excluding carboxylic acids is 7. The SMILES string of the molecule is CCCCc1nc2c(N)nc3cc(C(=O)O)ccc3c2n1Cc1ccc(CNC(=O)OCc2ccc(O[C@H]3O[C@H](CO)[C@@H](O)[C@H](O)[C@@H]3O)c(NC(=O)CCNC(=O)[C@H](CCCCNC(=O)CCOCCOCCOCCOCCOCCOCCOCCOCCOCCOCCOCCOC)NC(=O)CCN3C(=O)C=CC3=O)c2)cc1.